The van der Waals surface area contributed by atoms with Crippen molar-refractivity contribution in [2.45, 2.75) is 37.8 Å². The largest absolute Gasteiger partial charge is 0.361 e. The Balaban J connectivity index is 1.47. The third-order valence-electron chi connectivity index (χ3n) is 7.62. The monoisotopic (exact) mass is 476 g/mol. The van der Waals surface area contributed by atoms with Crippen LogP contribution in [0.25, 0.3) is 10.9 Å². The van der Waals surface area contributed by atoms with Gasteiger partial charge in [-0.3, -0.25) is 24.6 Å². The third kappa shape index (κ3) is 2.83. The second-order valence-electron chi connectivity index (χ2n) is 9.45. The molecule has 3 aliphatic heterocycles. The molecule has 3 amide bonds. The first kappa shape index (κ1) is 21.4. The van der Waals surface area contributed by atoms with E-state index in [0.717, 1.165) is 29.3 Å². The fourth-order valence-corrected chi connectivity index (χ4v) is 6.25. The number of unbranched alkanes of at least 4 members (excludes halogenated alkanes) is 1. The number of aromatic nitrogens is 1. The number of H-pyrrole nitrogens is 1. The number of hydrogen-bond donors (Lipinski definition) is 3. The van der Waals surface area contributed by atoms with Crippen molar-refractivity contribution in [3.8, 4) is 0 Å². The van der Waals surface area contributed by atoms with Crippen LogP contribution in [0.1, 0.15) is 30.9 Å². The number of aromatic amines is 1. The Bertz CT molecular complexity index is 1350. The van der Waals surface area contributed by atoms with Gasteiger partial charge >= 0.3 is 0 Å². The van der Waals surface area contributed by atoms with Gasteiger partial charge in [-0.05, 0) is 42.7 Å². The number of nitrogens with zero attached hydrogens (tertiary/aromatic N) is 1. The van der Waals surface area contributed by atoms with Crippen LogP contribution >= 0.6 is 11.6 Å². The zero-order valence-electron chi connectivity index (χ0n) is 18.7. The summed E-state index contributed by atoms with van der Waals surface area (Å²) in [4.78, 5) is 45.5. The smallest absolute Gasteiger partial charge is 0.250 e. The zero-order valence-corrected chi connectivity index (χ0v) is 19.5. The third-order valence-corrected chi connectivity index (χ3v) is 7.85. The Morgan fingerprint density at radius 1 is 1.09 bits per heavy atom. The number of carbonyl (C=O) groups excluding carboxylic acids is 3. The lowest BCUT2D eigenvalue weighted by Crippen LogP contribution is -2.53. The predicted molar refractivity (Wildman–Crippen MR) is 129 cm³/mol. The lowest BCUT2D eigenvalue weighted by molar-refractivity contribution is -0.142. The number of nitrogens with one attached hydrogen (secondary N) is 3. The molecule has 3 aliphatic rings. The minimum absolute atomic E-state index is 0.194. The van der Waals surface area contributed by atoms with E-state index in [1.165, 1.54) is 4.90 Å². The summed E-state index contributed by atoms with van der Waals surface area (Å²) in [6.45, 7) is 2.40. The highest BCUT2D eigenvalue weighted by molar-refractivity contribution is 6.31. The lowest BCUT2D eigenvalue weighted by atomic mass is 9.76. The van der Waals surface area contributed by atoms with Gasteiger partial charge in [-0.25, -0.2) is 0 Å². The normalized spacial score (nSPS) is 27.6. The number of likely N-dealkylation sites (tertiary alicyclic amines) is 1. The van der Waals surface area contributed by atoms with E-state index in [2.05, 4.69) is 15.6 Å². The fraction of sp³-hybridized carbons (Fsp3) is 0.346. The van der Waals surface area contributed by atoms with E-state index < -0.39 is 17.4 Å². The predicted octanol–water partition coefficient (Wildman–Crippen LogP) is 3.58. The molecular weight excluding hydrogens is 452 g/mol. The van der Waals surface area contributed by atoms with Crippen molar-refractivity contribution in [1.82, 2.24) is 15.2 Å². The van der Waals surface area contributed by atoms with Crippen LogP contribution in [0, 0.1) is 11.8 Å². The Kier molecular flexibility index (Phi) is 4.83. The van der Waals surface area contributed by atoms with Gasteiger partial charge in [0, 0.05) is 46.0 Å². The van der Waals surface area contributed by atoms with Crippen LogP contribution in [0.2, 0.25) is 5.02 Å². The molecule has 1 spiro atoms. The van der Waals surface area contributed by atoms with Crippen LogP contribution in [0.3, 0.4) is 0 Å². The first-order valence-electron chi connectivity index (χ1n) is 11.7. The number of amides is 3. The molecular formula is C26H25ClN4O3. The number of benzene rings is 2. The van der Waals surface area contributed by atoms with Gasteiger partial charge in [-0.15, -0.1) is 0 Å². The molecule has 4 heterocycles. The summed E-state index contributed by atoms with van der Waals surface area (Å²) in [6.07, 6.45) is 4.06. The average molecular weight is 477 g/mol. The SMILES string of the molecule is CCCCN1C(=O)[C@@H]2C(Cc3c[nH]c4ccccc34)NC3(C(=O)Nc4ccc(Cl)cc43)[C@@H]2C1=O. The molecule has 3 N–H and O–H groups in total. The molecule has 2 aromatic carbocycles. The van der Waals surface area contributed by atoms with Crippen LogP contribution in [-0.2, 0) is 26.3 Å². The summed E-state index contributed by atoms with van der Waals surface area (Å²) >= 11 is 6.32. The molecule has 0 radical (unpaired) electrons. The van der Waals surface area contributed by atoms with E-state index in [1.807, 2.05) is 37.4 Å². The first-order chi connectivity index (χ1) is 16.5. The summed E-state index contributed by atoms with van der Waals surface area (Å²) < 4.78 is 0. The maximum atomic E-state index is 13.7. The number of hydrogen-bond acceptors (Lipinski definition) is 4. The van der Waals surface area contributed by atoms with E-state index in [-0.39, 0.29) is 23.8 Å². The number of imide groups is 1. The highest BCUT2D eigenvalue weighted by Crippen LogP contribution is 2.53. The molecule has 0 saturated carbocycles. The van der Waals surface area contributed by atoms with Crippen LogP contribution in [0.5, 0.6) is 0 Å². The number of halogens is 1. The molecule has 2 fully saturated rings. The van der Waals surface area contributed by atoms with E-state index in [0.29, 0.717) is 29.2 Å². The maximum absolute atomic E-state index is 13.7. The van der Waals surface area contributed by atoms with E-state index in [4.69, 9.17) is 11.6 Å². The van der Waals surface area contributed by atoms with Crippen LogP contribution < -0.4 is 10.6 Å². The van der Waals surface area contributed by atoms with Gasteiger partial charge in [0.25, 0.3) is 0 Å². The molecule has 4 atom stereocenters. The molecule has 2 saturated heterocycles. The van der Waals surface area contributed by atoms with E-state index in [1.54, 1.807) is 18.2 Å². The fourth-order valence-electron chi connectivity index (χ4n) is 6.08. The van der Waals surface area contributed by atoms with Gasteiger partial charge in [-0.1, -0.05) is 43.1 Å². The Hall–Kier alpha value is -3.16. The van der Waals surface area contributed by atoms with Crippen molar-refractivity contribution in [2.75, 3.05) is 11.9 Å². The molecule has 6 rings (SSSR count). The van der Waals surface area contributed by atoms with E-state index >= 15 is 0 Å². The standard InChI is InChI=1S/C26H25ClN4O3/c1-2-3-10-31-23(32)21-20(11-14-13-28-18-7-5-4-6-16(14)18)30-26(22(21)24(31)33)17-12-15(27)8-9-19(17)29-25(26)34/h4-9,12-13,20-22,28,30H,2-3,10-11H2,1H3,(H,29,34)/t20?,21-,22+,26?/m1/s1. The van der Waals surface area contributed by atoms with Crippen molar-refractivity contribution in [3.05, 3.63) is 64.8 Å². The van der Waals surface area contributed by atoms with Crippen LogP contribution in [0.4, 0.5) is 5.69 Å². The Morgan fingerprint density at radius 3 is 2.74 bits per heavy atom. The summed E-state index contributed by atoms with van der Waals surface area (Å²) in [5.41, 5.74) is 1.99. The average Bonchev–Trinajstić information content (AvgIpc) is 3.53. The first-order valence-corrected chi connectivity index (χ1v) is 12.1. The van der Waals surface area contributed by atoms with Crippen LogP contribution in [-0.4, -0.2) is 40.2 Å². The van der Waals surface area contributed by atoms with Gasteiger partial charge in [0.2, 0.25) is 17.7 Å². The molecule has 7 nitrogen and oxygen atoms in total. The van der Waals surface area contributed by atoms with Gasteiger partial charge < -0.3 is 10.3 Å². The minimum atomic E-state index is -1.32. The number of carbonyl (C=O) groups is 3. The van der Waals surface area contributed by atoms with Crippen molar-refractivity contribution in [2.24, 2.45) is 11.8 Å². The topological polar surface area (TPSA) is 94.3 Å². The molecule has 0 aliphatic carbocycles. The second kappa shape index (κ2) is 7.68. The summed E-state index contributed by atoms with van der Waals surface area (Å²) in [7, 11) is 0. The highest BCUT2D eigenvalue weighted by Gasteiger charge is 2.70. The molecule has 3 aromatic rings. The van der Waals surface area contributed by atoms with E-state index in [9.17, 15) is 14.4 Å². The van der Waals surface area contributed by atoms with Crippen molar-refractivity contribution in [1.29, 1.82) is 0 Å². The van der Waals surface area contributed by atoms with Gasteiger partial charge in [0.1, 0.15) is 5.54 Å². The zero-order chi connectivity index (χ0) is 23.6. The quantitative estimate of drug-likeness (QED) is 0.490. The summed E-state index contributed by atoms with van der Waals surface area (Å²) in [5.74, 6) is -2.22. The number of para-hydroxylation sites is 1. The molecule has 2 unspecified atom stereocenters. The highest BCUT2D eigenvalue weighted by atomic mass is 35.5. The molecule has 34 heavy (non-hydrogen) atoms. The van der Waals surface area contributed by atoms with Gasteiger partial charge in [0.15, 0.2) is 0 Å². The Labute approximate surface area is 201 Å². The maximum Gasteiger partial charge on any atom is 0.250 e. The lowest BCUT2D eigenvalue weighted by Gasteiger charge is -2.29. The number of anilines is 1. The van der Waals surface area contributed by atoms with Crippen molar-refractivity contribution >= 4 is 45.9 Å². The van der Waals surface area contributed by atoms with Gasteiger partial charge in [0.05, 0.1) is 11.8 Å². The number of rotatable bonds is 5. The molecule has 1 aromatic heterocycles. The molecule has 8 heteroatoms. The Morgan fingerprint density at radius 2 is 1.91 bits per heavy atom. The van der Waals surface area contributed by atoms with Crippen molar-refractivity contribution < 1.29 is 14.4 Å². The summed E-state index contributed by atoms with van der Waals surface area (Å²) in [6, 6.07) is 12.8. The summed E-state index contributed by atoms with van der Waals surface area (Å²) in [5, 5.41) is 7.96. The van der Waals surface area contributed by atoms with Gasteiger partial charge in [-0.2, -0.15) is 0 Å². The minimum Gasteiger partial charge on any atom is -0.361 e. The molecule has 0 bridgehead atoms. The second-order valence-corrected chi connectivity index (χ2v) is 9.89. The number of fused-ring (bicyclic) bond motifs is 5. The van der Waals surface area contributed by atoms with Crippen molar-refractivity contribution in [3.63, 3.8) is 0 Å². The molecule has 174 valence electrons. The van der Waals surface area contributed by atoms with Crippen LogP contribution in [0.15, 0.2) is 48.7 Å².